The van der Waals surface area contributed by atoms with Gasteiger partial charge in [0.05, 0.1) is 19.0 Å². The highest BCUT2D eigenvalue weighted by Crippen LogP contribution is 2.21. The predicted octanol–water partition coefficient (Wildman–Crippen LogP) is 2.11. The minimum Gasteiger partial charge on any atom is -0.499 e. The molecule has 0 N–H and O–H groups in total. The maximum Gasteiger partial charge on any atom is 0.111 e. The Kier molecular flexibility index (Phi) is 4.06. The first-order chi connectivity index (χ1) is 5.43. The fraction of sp³-hybridized carbons (Fsp3) is 0.778. The summed E-state index contributed by atoms with van der Waals surface area (Å²) >= 11 is 0. The summed E-state index contributed by atoms with van der Waals surface area (Å²) in [5.74, 6) is 0. The average Bonchev–Trinajstić information content (AvgIpc) is 1.93. The molecule has 2 nitrogen and oxygen atoms in total. The number of hydrogen-bond donors (Lipinski definition) is 0. The van der Waals surface area contributed by atoms with E-state index in [1.807, 2.05) is 13.0 Å². The predicted molar refractivity (Wildman–Crippen MR) is 44.4 cm³/mol. The van der Waals surface area contributed by atoms with Gasteiger partial charge in [-0.25, -0.2) is 0 Å². The molecule has 1 aliphatic rings. The van der Waals surface area contributed by atoms with E-state index in [0.717, 1.165) is 6.61 Å². The van der Waals surface area contributed by atoms with Gasteiger partial charge in [0.2, 0.25) is 0 Å². The molecule has 0 atom stereocenters. The second-order valence-electron chi connectivity index (χ2n) is 2.76. The average molecular weight is 156 g/mol. The molecule has 0 spiro atoms. The summed E-state index contributed by atoms with van der Waals surface area (Å²) in [6.45, 7) is 3.35. The second kappa shape index (κ2) is 5.19. The molecular weight excluding hydrogens is 140 g/mol. The van der Waals surface area contributed by atoms with Crippen molar-refractivity contribution in [2.45, 2.75) is 32.3 Å². The van der Waals surface area contributed by atoms with Gasteiger partial charge in [0.15, 0.2) is 0 Å². The molecule has 1 rings (SSSR count). The molecule has 1 fully saturated rings. The lowest BCUT2D eigenvalue weighted by atomic mass is 9.96. The van der Waals surface area contributed by atoms with Crippen molar-refractivity contribution in [3.05, 3.63) is 12.3 Å². The molecule has 0 unspecified atom stereocenters. The molecule has 1 saturated carbocycles. The van der Waals surface area contributed by atoms with E-state index < -0.39 is 0 Å². The van der Waals surface area contributed by atoms with E-state index in [2.05, 4.69) is 0 Å². The van der Waals surface area contributed by atoms with Crippen LogP contribution in [0.2, 0.25) is 0 Å². The number of allylic oxidation sites excluding steroid dienone is 1. The zero-order valence-corrected chi connectivity index (χ0v) is 7.08. The van der Waals surface area contributed by atoms with E-state index in [9.17, 15) is 0 Å². The molecule has 0 heterocycles. The standard InChI is InChI=1S/C9H16O2/c1-2-6-10-7-8-11-9-4-3-5-9/h2,6,9H,3-5,7-8H2,1H3. The Labute approximate surface area is 68.2 Å². The third-order valence-electron chi connectivity index (χ3n) is 1.84. The van der Waals surface area contributed by atoms with E-state index in [-0.39, 0.29) is 0 Å². The minimum absolute atomic E-state index is 0.532. The van der Waals surface area contributed by atoms with Crippen molar-refractivity contribution in [3.63, 3.8) is 0 Å². The van der Waals surface area contributed by atoms with Crippen molar-refractivity contribution >= 4 is 0 Å². The van der Waals surface area contributed by atoms with Gasteiger partial charge in [-0.15, -0.1) is 0 Å². The van der Waals surface area contributed by atoms with Crippen molar-refractivity contribution in [2.24, 2.45) is 0 Å². The monoisotopic (exact) mass is 156 g/mol. The van der Waals surface area contributed by atoms with Gasteiger partial charge in [-0.05, 0) is 26.2 Å². The van der Waals surface area contributed by atoms with Gasteiger partial charge >= 0.3 is 0 Å². The van der Waals surface area contributed by atoms with Crippen molar-refractivity contribution in [3.8, 4) is 0 Å². The summed E-state index contributed by atoms with van der Waals surface area (Å²) in [4.78, 5) is 0. The molecule has 0 aliphatic heterocycles. The SMILES string of the molecule is CC=COCCOC1CCC1. The van der Waals surface area contributed by atoms with E-state index in [0.29, 0.717) is 12.7 Å². The maximum absolute atomic E-state index is 5.47. The van der Waals surface area contributed by atoms with Crippen LogP contribution in [0.3, 0.4) is 0 Å². The Hall–Kier alpha value is -0.500. The number of hydrogen-bond acceptors (Lipinski definition) is 2. The summed E-state index contributed by atoms with van der Waals surface area (Å²) in [5.41, 5.74) is 0. The van der Waals surface area contributed by atoms with E-state index in [4.69, 9.17) is 9.47 Å². The van der Waals surface area contributed by atoms with Gasteiger partial charge < -0.3 is 9.47 Å². The lowest BCUT2D eigenvalue weighted by molar-refractivity contribution is -0.0160. The van der Waals surface area contributed by atoms with E-state index >= 15 is 0 Å². The van der Waals surface area contributed by atoms with Gasteiger partial charge in [-0.3, -0.25) is 0 Å². The van der Waals surface area contributed by atoms with Crippen LogP contribution in [-0.4, -0.2) is 19.3 Å². The topological polar surface area (TPSA) is 18.5 Å². The van der Waals surface area contributed by atoms with Gasteiger partial charge in [0.1, 0.15) is 6.61 Å². The fourth-order valence-corrected chi connectivity index (χ4v) is 0.965. The summed E-state index contributed by atoms with van der Waals surface area (Å²) < 4.78 is 10.6. The van der Waals surface area contributed by atoms with Gasteiger partial charge in [-0.2, -0.15) is 0 Å². The third-order valence-corrected chi connectivity index (χ3v) is 1.84. The molecule has 11 heavy (non-hydrogen) atoms. The molecule has 64 valence electrons. The van der Waals surface area contributed by atoms with Crippen molar-refractivity contribution in [1.82, 2.24) is 0 Å². The summed E-state index contributed by atoms with van der Waals surface area (Å²) in [5, 5.41) is 0. The van der Waals surface area contributed by atoms with Crippen LogP contribution in [-0.2, 0) is 9.47 Å². The highest BCUT2D eigenvalue weighted by atomic mass is 16.5. The molecule has 2 heteroatoms. The van der Waals surface area contributed by atoms with E-state index in [1.165, 1.54) is 19.3 Å². The highest BCUT2D eigenvalue weighted by molar-refractivity contribution is 4.69. The molecule has 0 aromatic rings. The molecule has 1 aliphatic carbocycles. The molecule has 0 radical (unpaired) electrons. The smallest absolute Gasteiger partial charge is 0.111 e. The maximum atomic E-state index is 5.47. The first-order valence-corrected chi connectivity index (χ1v) is 4.28. The second-order valence-corrected chi connectivity index (χ2v) is 2.76. The van der Waals surface area contributed by atoms with Crippen LogP contribution in [0.4, 0.5) is 0 Å². The first-order valence-electron chi connectivity index (χ1n) is 4.28. The van der Waals surface area contributed by atoms with Crippen LogP contribution in [0.15, 0.2) is 12.3 Å². The normalized spacial score (nSPS) is 18.6. The van der Waals surface area contributed by atoms with Crippen LogP contribution >= 0.6 is 0 Å². The fourth-order valence-electron chi connectivity index (χ4n) is 0.965. The van der Waals surface area contributed by atoms with Crippen LogP contribution in [0.1, 0.15) is 26.2 Å². The van der Waals surface area contributed by atoms with Crippen molar-refractivity contribution < 1.29 is 9.47 Å². The first kappa shape index (κ1) is 8.60. The number of rotatable bonds is 5. The van der Waals surface area contributed by atoms with Crippen molar-refractivity contribution in [1.29, 1.82) is 0 Å². The van der Waals surface area contributed by atoms with Gasteiger partial charge in [-0.1, -0.05) is 6.08 Å². The quantitative estimate of drug-likeness (QED) is 0.448. The van der Waals surface area contributed by atoms with Crippen LogP contribution in [0.25, 0.3) is 0 Å². The van der Waals surface area contributed by atoms with Crippen LogP contribution in [0, 0.1) is 0 Å². The largest absolute Gasteiger partial charge is 0.499 e. The van der Waals surface area contributed by atoms with E-state index in [1.54, 1.807) is 6.26 Å². The zero-order valence-electron chi connectivity index (χ0n) is 7.08. The highest BCUT2D eigenvalue weighted by Gasteiger charge is 2.16. The van der Waals surface area contributed by atoms with Crippen molar-refractivity contribution in [2.75, 3.05) is 13.2 Å². The summed E-state index contributed by atoms with van der Waals surface area (Å²) in [6, 6.07) is 0. The molecule has 0 aromatic carbocycles. The minimum atomic E-state index is 0.532. The molecular formula is C9H16O2. The van der Waals surface area contributed by atoms with Crippen LogP contribution < -0.4 is 0 Å². The molecule has 0 saturated heterocycles. The Morgan fingerprint density at radius 2 is 2.18 bits per heavy atom. The Morgan fingerprint density at radius 3 is 2.73 bits per heavy atom. The summed E-state index contributed by atoms with van der Waals surface area (Å²) in [6.07, 6.45) is 7.92. The molecule has 0 bridgehead atoms. The lowest BCUT2D eigenvalue weighted by Gasteiger charge is -2.25. The molecule has 0 aromatic heterocycles. The third kappa shape index (κ3) is 3.42. The lowest BCUT2D eigenvalue weighted by Crippen LogP contribution is -2.23. The Bertz CT molecular complexity index is 117. The molecule has 0 amide bonds. The Balaban J connectivity index is 1.80. The van der Waals surface area contributed by atoms with Gasteiger partial charge in [0.25, 0.3) is 0 Å². The van der Waals surface area contributed by atoms with Gasteiger partial charge in [0, 0.05) is 0 Å². The Morgan fingerprint density at radius 1 is 1.36 bits per heavy atom. The number of ether oxygens (including phenoxy) is 2. The zero-order chi connectivity index (χ0) is 7.94. The summed E-state index contributed by atoms with van der Waals surface area (Å²) in [7, 11) is 0. The van der Waals surface area contributed by atoms with Crippen LogP contribution in [0.5, 0.6) is 0 Å².